The van der Waals surface area contributed by atoms with E-state index in [2.05, 4.69) is 55.1 Å². The summed E-state index contributed by atoms with van der Waals surface area (Å²) in [5.74, 6) is 0.749. The van der Waals surface area contributed by atoms with E-state index in [1.807, 2.05) is 20.0 Å². The first-order valence-electron chi connectivity index (χ1n) is 12.7. The molecule has 0 spiro atoms. The Morgan fingerprint density at radius 2 is 1.86 bits per heavy atom. The molecular formula is C27H42ClN5O2. The van der Waals surface area contributed by atoms with Gasteiger partial charge in [0.15, 0.2) is 0 Å². The van der Waals surface area contributed by atoms with Crippen molar-refractivity contribution >= 4 is 23.2 Å². The lowest BCUT2D eigenvalue weighted by Gasteiger charge is -2.40. The van der Waals surface area contributed by atoms with Gasteiger partial charge in [-0.3, -0.25) is 4.79 Å². The van der Waals surface area contributed by atoms with Gasteiger partial charge < -0.3 is 19.9 Å². The molecule has 1 amide bonds. The molecule has 0 unspecified atom stereocenters. The number of ether oxygens (including phenoxy) is 1. The summed E-state index contributed by atoms with van der Waals surface area (Å²) in [6, 6.07) is 4.89. The van der Waals surface area contributed by atoms with Crippen molar-refractivity contribution in [2.24, 2.45) is 7.05 Å². The van der Waals surface area contributed by atoms with Gasteiger partial charge in [-0.25, -0.2) is 4.68 Å². The molecule has 194 valence electrons. The number of hydrogen-bond donors (Lipinski definition) is 1. The van der Waals surface area contributed by atoms with Crippen molar-refractivity contribution in [2.75, 3.05) is 32.6 Å². The Morgan fingerprint density at radius 3 is 2.40 bits per heavy atom. The van der Waals surface area contributed by atoms with Gasteiger partial charge in [0.25, 0.3) is 5.91 Å². The Labute approximate surface area is 215 Å². The summed E-state index contributed by atoms with van der Waals surface area (Å²) < 4.78 is 7.29. The molecule has 0 bridgehead atoms. The summed E-state index contributed by atoms with van der Waals surface area (Å²) >= 11 is 6.56. The smallest absolute Gasteiger partial charge is 0.251 e. The normalized spacial score (nSPS) is 18.3. The van der Waals surface area contributed by atoms with Crippen molar-refractivity contribution in [2.45, 2.75) is 77.9 Å². The zero-order valence-electron chi connectivity index (χ0n) is 22.6. The lowest BCUT2D eigenvalue weighted by atomic mass is 9.89. The van der Waals surface area contributed by atoms with Crippen LogP contribution in [0.2, 0.25) is 5.02 Å². The molecule has 35 heavy (non-hydrogen) atoms. The van der Waals surface area contributed by atoms with Crippen LogP contribution < -0.4 is 15.0 Å². The van der Waals surface area contributed by atoms with Gasteiger partial charge in [-0.15, -0.1) is 0 Å². The van der Waals surface area contributed by atoms with E-state index in [1.165, 1.54) is 12.8 Å². The molecular weight excluding hydrogens is 462 g/mol. The molecule has 7 nitrogen and oxygen atoms in total. The Morgan fingerprint density at radius 1 is 1.23 bits per heavy atom. The second-order valence-electron chi connectivity index (χ2n) is 10.1. The Kier molecular flexibility index (Phi) is 9.11. The lowest BCUT2D eigenvalue weighted by Crippen LogP contribution is -2.42. The van der Waals surface area contributed by atoms with E-state index in [0.29, 0.717) is 35.1 Å². The number of carbonyl (C=O) groups excluding carboxylic acids is 1. The van der Waals surface area contributed by atoms with Crippen molar-refractivity contribution in [1.29, 1.82) is 0 Å². The first-order valence-corrected chi connectivity index (χ1v) is 13.1. The maximum atomic E-state index is 13.4. The zero-order chi connectivity index (χ0) is 25.9. The van der Waals surface area contributed by atoms with Crippen LogP contribution in [0.25, 0.3) is 0 Å². The summed E-state index contributed by atoms with van der Waals surface area (Å²) in [5, 5.41) is 8.26. The zero-order valence-corrected chi connectivity index (χ0v) is 23.4. The SMILES string of the molecule is CCN(c1cc(Cl)cc(C(=O)NCc2c(C(C)C)nn(C)c2OC)c1C)[C@H]1CC[C@H](N(C)C)CC1. The number of aromatic nitrogens is 2. The van der Waals surface area contributed by atoms with Gasteiger partial charge in [-0.05, 0) is 77.2 Å². The highest BCUT2D eigenvalue weighted by molar-refractivity contribution is 6.31. The molecule has 1 fully saturated rings. The maximum absolute atomic E-state index is 13.4. The van der Waals surface area contributed by atoms with Crippen LogP contribution >= 0.6 is 11.6 Å². The van der Waals surface area contributed by atoms with E-state index in [4.69, 9.17) is 16.3 Å². The van der Waals surface area contributed by atoms with Crippen molar-refractivity contribution in [3.05, 3.63) is 39.5 Å². The summed E-state index contributed by atoms with van der Waals surface area (Å²) in [7, 11) is 7.82. The highest BCUT2D eigenvalue weighted by Gasteiger charge is 2.28. The molecule has 3 rings (SSSR count). The molecule has 1 aliphatic carbocycles. The van der Waals surface area contributed by atoms with Crippen LogP contribution in [0.15, 0.2) is 12.1 Å². The number of rotatable bonds is 9. The first-order chi connectivity index (χ1) is 16.6. The van der Waals surface area contributed by atoms with Crippen LogP contribution in [-0.4, -0.2) is 60.4 Å². The largest absolute Gasteiger partial charge is 0.481 e. The third-order valence-electron chi connectivity index (χ3n) is 7.36. The third-order valence-corrected chi connectivity index (χ3v) is 7.58. The maximum Gasteiger partial charge on any atom is 0.251 e. The number of aryl methyl sites for hydroxylation is 1. The molecule has 8 heteroatoms. The molecule has 1 aromatic carbocycles. The minimum atomic E-state index is -0.140. The molecule has 0 radical (unpaired) electrons. The van der Waals surface area contributed by atoms with Crippen LogP contribution in [-0.2, 0) is 13.6 Å². The molecule has 0 aliphatic heterocycles. The molecule has 1 saturated carbocycles. The van der Waals surface area contributed by atoms with Crippen molar-refractivity contribution < 1.29 is 9.53 Å². The predicted molar refractivity (Wildman–Crippen MR) is 144 cm³/mol. The van der Waals surface area contributed by atoms with E-state index in [-0.39, 0.29) is 11.8 Å². The second-order valence-corrected chi connectivity index (χ2v) is 10.6. The Balaban J connectivity index is 1.83. The topological polar surface area (TPSA) is 62.6 Å². The number of anilines is 1. The standard InChI is InChI=1S/C27H42ClN5O2/c1-9-33(21-12-10-20(11-13-21)31(5)6)24-15-19(28)14-22(18(24)4)26(34)29-16-23-25(17(2)3)30-32(7)27(23)35-8/h14-15,17,20-21H,9-13,16H2,1-8H3,(H,29,34)/t20-,21-. The van der Waals surface area contributed by atoms with Gasteiger partial charge in [0.1, 0.15) is 0 Å². The lowest BCUT2D eigenvalue weighted by molar-refractivity contribution is 0.0950. The van der Waals surface area contributed by atoms with Crippen LogP contribution in [0.3, 0.4) is 0 Å². The van der Waals surface area contributed by atoms with Gasteiger partial charge in [0.2, 0.25) is 5.88 Å². The van der Waals surface area contributed by atoms with Gasteiger partial charge in [0, 0.05) is 41.9 Å². The fourth-order valence-electron chi connectivity index (χ4n) is 5.43. The Hall–Kier alpha value is -2.25. The molecule has 1 aliphatic rings. The number of nitrogens with one attached hydrogen (secondary N) is 1. The summed E-state index contributed by atoms with van der Waals surface area (Å²) in [4.78, 5) is 18.1. The number of carbonyl (C=O) groups is 1. The van der Waals surface area contributed by atoms with E-state index >= 15 is 0 Å². The number of benzene rings is 1. The fraction of sp³-hybridized carbons (Fsp3) is 0.630. The average Bonchev–Trinajstić information content (AvgIpc) is 3.15. The number of methoxy groups -OCH3 is 1. The van der Waals surface area contributed by atoms with Gasteiger partial charge in [0.05, 0.1) is 24.9 Å². The molecule has 1 heterocycles. The van der Waals surface area contributed by atoms with Gasteiger partial charge >= 0.3 is 0 Å². The number of amides is 1. The van der Waals surface area contributed by atoms with Crippen LogP contribution in [0, 0.1) is 6.92 Å². The first kappa shape index (κ1) is 27.3. The average molecular weight is 504 g/mol. The molecule has 0 saturated heterocycles. The van der Waals surface area contributed by atoms with Gasteiger partial charge in [-0.1, -0.05) is 25.4 Å². The molecule has 2 aromatic rings. The third kappa shape index (κ3) is 5.95. The number of nitrogens with zero attached hydrogens (tertiary/aromatic N) is 4. The summed E-state index contributed by atoms with van der Waals surface area (Å²) in [6.07, 6.45) is 4.66. The van der Waals surface area contributed by atoms with Crippen molar-refractivity contribution in [3.63, 3.8) is 0 Å². The minimum Gasteiger partial charge on any atom is -0.481 e. The van der Waals surface area contributed by atoms with Crippen LogP contribution in [0.4, 0.5) is 5.69 Å². The van der Waals surface area contributed by atoms with Crippen LogP contribution in [0.1, 0.15) is 79.6 Å². The van der Waals surface area contributed by atoms with Crippen molar-refractivity contribution in [1.82, 2.24) is 20.0 Å². The minimum absolute atomic E-state index is 0.140. The number of halogens is 1. The monoisotopic (exact) mass is 503 g/mol. The summed E-state index contributed by atoms with van der Waals surface area (Å²) in [5.41, 5.74) is 4.47. The van der Waals surface area contributed by atoms with E-state index in [1.54, 1.807) is 17.9 Å². The predicted octanol–water partition coefficient (Wildman–Crippen LogP) is 5.14. The summed E-state index contributed by atoms with van der Waals surface area (Å²) in [6.45, 7) is 9.61. The van der Waals surface area contributed by atoms with E-state index in [9.17, 15) is 4.79 Å². The Bertz CT molecular complexity index is 1030. The molecule has 1 aromatic heterocycles. The fourth-order valence-corrected chi connectivity index (χ4v) is 5.64. The highest BCUT2D eigenvalue weighted by atomic mass is 35.5. The van der Waals surface area contributed by atoms with Crippen molar-refractivity contribution in [3.8, 4) is 5.88 Å². The second kappa shape index (κ2) is 11.7. The highest BCUT2D eigenvalue weighted by Crippen LogP contribution is 2.34. The van der Waals surface area contributed by atoms with E-state index < -0.39 is 0 Å². The molecule has 1 N–H and O–H groups in total. The van der Waals surface area contributed by atoms with Crippen LogP contribution in [0.5, 0.6) is 5.88 Å². The van der Waals surface area contributed by atoms with E-state index in [0.717, 1.165) is 41.9 Å². The van der Waals surface area contributed by atoms with Gasteiger partial charge in [-0.2, -0.15) is 5.10 Å². The molecule has 0 atom stereocenters. The quantitative estimate of drug-likeness (QED) is 0.513. The number of hydrogen-bond acceptors (Lipinski definition) is 5.